The van der Waals surface area contributed by atoms with Crippen molar-refractivity contribution in [1.29, 1.82) is 5.41 Å². The second-order valence-corrected chi connectivity index (χ2v) is 13.6. The van der Waals surface area contributed by atoms with Gasteiger partial charge in [0, 0.05) is 56.1 Å². The van der Waals surface area contributed by atoms with Gasteiger partial charge in [-0.3, -0.25) is 0 Å². The van der Waals surface area contributed by atoms with Gasteiger partial charge in [-0.2, -0.15) is 0 Å². The molecule has 0 aliphatic carbocycles. The maximum absolute atomic E-state index is 8.82. The molecule has 9 aromatic rings. The SMILES string of the molecule is C/C=C\c1c(C)c2c3c(C=N)c(Nc4ccccc4)ccc3n(-c3cccc(-c4cc(-c5ccccc5)nc(-c5ccccc5)c4)c3)c2c2ccccc12. The summed E-state index contributed by atoms with van der Waals surface area (Å²) in [7, 11) is 0. The molecule has 0 saturated heterocycles. The van der Waals surface area contributed by atoms with Crippen LogP contribution in [-0.2, 0) is 0 Å². The summed E-state index contributed by atoms with van der Waals surface area (Å²) in [5, 5.41) is 17.0. The lowest BCUT2D eigenvalue weighted by molar-refractivity contribution is 1.18. The maximum atomic E-state index is 8.82. The molecule has 2 N–H and O–H groups in total. The first-order valence-electron chi connectivity index (χ1n) is 18.3. The van der Waals surface area contributed by atoms with Crippen LogP contribution in [0.2, 0.25) is 0 Å². The quantitative estimate of drug-likeness (QED) is 0.156. The van der Waals surface area contributed by atoms with Gasteiger partial charge in [0.15, 0.2) is 0 Å². The Labute approximate surface area is 315 Å². The molecule has 0 unspecified atom stereocenters. The average molecular weight is 695 g/mol. The van der Waals surface area contributed by atoms with E-state index < -0.39 is 0 Å². The zero-order valence-electron chi connectivity index (χ0n) is 30.2. The Morgan fingerprint density at radius 3 is 1.83 bits per heavy atom. The molecule has 258 valence electrons. The van der Waals surface area contributed by atoms with Crippen molar-refractivity contribution < 1.29 is 0 Å². The summed E-state index contributed by atoms with van der Waals surface area (Å²) in [6.07, 6.45) is 5.84. The minimum absolute atomic E-state index is 0.857. The summed E-state index contributed by atoms with van der Waals surface area (Å²) in [4.78, 5) is 5.14. The third-order valence-electron chi connectivity index (χ3n) is 10.4. The molecule has 2 heterocycles. The Morgan fingerprint density at radius 1 is 0.574 bits per heavy atom. The van der Waals surface area contributed by atoms with Gasteiger partial charge < -0.3 is 15.3 Å². The standard InChI is InChI=1S/C50H38N4/c1-3-16-40-33(2)48-49-43(32-51)44(52-38-22-11-6-12-23-38)27-28-47(49)54(50(48)42-26-14-13-25-41(40)42)39-24-15-21-36(29-39)37-30-45(34-17-7-4-8-18-34)53-46(31-37)35-19-9-5-10-20-35/h3-32,51-52H,1-2H3/b16-3-,51-32?. The Bertz CT molecular complexity index is 2810. The molecule has 0 aliphatic heterocycles. The van der Waals surface area contributed by atoms with Crippen molar-refractivity contribution in [3.05, 3.63) is 187 Å². The van der Waals surface area contributed by atoms with E-state index in [4.69, 9.17) is 10.4 Å². The number of fused-ring (bicyclic) bond motifs is 5. The molecule has 7 aromatic carbocycles. The van der Waals surface area contributed by atoms with Crippen LogP contribution in [0.25, 0.3) is 78.0 Å². The fourth-order valence-electron chi connectivity index (χ4n) is 7.91. The largest absolute Gasteiger partial charge is 0.355 e. The van der Waals surface area contributed by atoms with Crippen LogP contribution in [0.1, 0.15) is 23.6 Å². The molecule has 0 fully saturated rings. The molecule has 0 spiro atoms. The molecular formula is C50H38N4. The summed E-state index contributed by atoms with van der Waals surface area (Å²) >= 11 is 0. The van der Waals surface area contributed by atoms with Gasteiger partial charge in [-0.15, -0.1) is 0 Å². The Kier molecular flexibility index (Phi) is 8.41. The van der Waals surface area contributed by atoms with Gasteiger partial charge in [0.1, 0.15) is 0 Å². The van der Waals surface area contributed by atoms with Crippen LogP contribution in [0.4, 0.5) is 11.4 Å². The fraction of sp³-hybridized carbons (Fsp3) is 0.0400. The van der Waals surface area contributed by atoms with Crippen molar-refractivity contribution >= 4 is 56.2 Å². The van der Waals surface area contributed by atoms with Crippen LogP contribution in [-0.4, -0.2) is 15.8 Å². The van der Waals surface area contributed by atoms with Gasteiger partial charge in [-0.1, -0.05) is 127 Å². The zero-order valence-corrected chi connectivity index (χ0v) is 30.2. The van der Waals surface area contributed by atoms with Gasteiger partial charge in [0.05, 0.1) is 22.4 Å². The number of rotatable bonds is 8. The third-order valence-corrected chi connectivity index (χ3v) is 10.4. The van der Waals surface area contributed by atoms with E-state index in [-0.39, 0.29) is 0 Å². The van der Waals surface area contributed by atoms with E-state index in [0.29, 0.717) is 0 Å². The number of pyridine rings is 1. The van der Waals surface area contributed by atoms with Crippen molar-refractivity contribution in [2.75, 3.05) is 5.32 Å². The van der Waals surface area contributed by atoms with E-state index in [1.54, 1.807) is 0 Å². The van der Waals surface area contributed by atoms with Crippen LogP contribution in [0.15, 0.2) is 170 Å². The highest BCUT2D eigenvalue weighted by Crippen LogP contribution is 2.44. The molecule has 0 amide bonds. The summed E-state index contributed by atoms with van der Waals surface area (Å²) in [5.74, 6) is 0. The van der Waals surface area contributed by atoms with E-state index in [0.717, 1.165) is 78.1 Å². The van der Waals surface area contributed by atoms with Crippen LogP contribution in [0, 0.1) is 12.3 Å². The highest BCUT2D eigenvalue weighted by Gasteiger charge is 2.23. The predicted octanol–water partition coefficient (Wildman–Crippen LogP) is 13.4. The summed E-state index contributed by atoms with van der Waals surface area (Å²) in [5.41, 5.74) is 14.6. The van der Waals surface area contributed by atoms with Crippen molar-refractivity contribution in [3.8, 4) is 39.3 Å². The molecule has 0 atom stereocenters. The predicted molar refractivity (Wildman–Crippen MR) is 229 cm³/mol. The molecule has 0 bridgehead atoms. The number of nitrogens with one attached hydrogen (secondary N) is 2. The summed E-state index contributed by atoms with van der Waals surface area (Å²) < 4.78 is 2.40. The topological polar surface area (TPSA) is 53.7 Å². The van der Waals surface area contributed by atoms with Gasteiger partial charge in [0.25, 0.3) is 0 Å². The second kappa shape index (κ2) is 13.8. The first-order chi connectivity index (χ1) is 26.6. The van der Waals surface area contributed by atoms with Gasteiger partial charge in [0.2, 0.25) is 0 Å². The molecular weight excluding hydrogens is 657 g/mol. The van der Waals surface area contributed by atoms with E-state index in [1.165, 1.54) is 28.1 Å². The van der Waals surface area contributed by atoms with Crippen LogP contribution in [0.3, 0.4) is 0 Å². The minimum Gasteiger partial charge on any atom is -0.355 e. The van der Waals surface area contributed by atoms with Crippen molar-refractivity contribution in [1.82, 2.24) is 9.55 Å². The maximum Gasteiger partial charge on any atom is 0.0715 e. The fourth-order valence-corrected chi connectivity index (χ4v) is 7.91. The summed E-state index contributed by atoms with van der Waals surface area (Å²) in [6.45, 7) is 4.30. The third kappa shape index (κ3) is 5.65. The van der Waals surface area contributed by atoms with Crippen molar-refractivity contribution in [3.63, 3.8) is 0 Å². The van der Waals surface area contributed by atoms with E-state index in [2.05, 4.69) is 169 Å². The molecule has 54 heavy (non-hydrogen) atoms. The highest BCUT2D eigenvalue weighted by molar-refractivity contribution is 6.26. The van der Waals surface area contributed by atoms with Crippen molar-refractivity contribution in [2.45, 2.75) is 13.8 Å². The number of hydrogen-bond donors (Lipinski definition) is 2. The molecule has 2 aromatic heterocycles. The number of anilines is 2. The molecule has 0 aliphatic rings. The molecule has 4 heteroatoms. The second-order valence-electron chi connectivity index (χ2n) is 13.6. The molecule has 0 saturated carbocycles. The Balaban J connectivity index is 1.34. The number of allylic oxidation sites excluding steroid dienone is 1. The number of benzene rings is 7. The number of aryl methyl sites for hydroxylation is 1. The number of nitrogens with zero attached hydrogens (tertiary/aromatic N) is 2. The lowest BCUT2D eigenvalue weighted by Gasteiger charge is -2.15. The first-order valence-corrected chi connectivity index (χ1v) is 18.3. The van der Waals surface area contributed by atoms with Gasteiger partial charge in [-0.05, 0) is 90.0 Å². The molecule has 0 radical (unpaired) electrons. The normalized spacial score (nSPS) is 11.5. The van der Waals surface area contributed by atoms with Gasteiger partial charge >= 0.3 is 0 Å². The lowest BCUT2D eigenvalue weighted by atomic mass is 9.93. The van der Waals surface area contributed by atoms with E-state index in [1.807, 2.05) is 30.3 Å². The smallest absolute Gasteiger partial charge is 0.0715 e. The van der Waals surface area contributed by atoms with E-state index in [9.17, 15) is 0 Å². The number of aromatic nitrogens is 2. The first kappa shape index (κ1) is 32.8. The summed E-state index contributed by atoms with van der Waals surface area (Å²) in [6, 6.07) is 57.2. The molecule has 9 rings (SSSR count). The van der Waals surface area contributed by atoms with Crippen LogP contribution < -0.4 is 5.32 Å². The van der Waals surface area contributed by atoms with E-state index >= 15 is 0 Å². The monoisotopic (exact) mass is 694 g/mol. The zero-order chi connectivity index (χ0) is 36.6. The average Bonchev–Trinajstić information content (AvgIpc) is 3.59. The minimum atomic E-state index is 0.857. The van der Waals surface area contributed by atoms with Crippen LogP contribution >= 0.6 is 0 Å². The molecule has 4 nitrogen and oxygen atoms in total. The Hall–Kier alpha value is -7.04. The van der Waals surface area contributed by atoms with Crippen LogP contribution in [0.5, 0.6) is 0 Å². The lowest BCUT2D eigenvalue weighted by Crippen LogP contribution is -1.98. The number of hydrogen-bond acceptors (Lipinski definition) is 3. The van der Waals surface area contributed by atoms with Crippen molar-refractivity contribution in [2.24, 2.45) is 0 Å². The number of para-hydroxylation sites is 1. The van der Waals surface area contributed by atoms with Gasteiger partial charge in [-0.25, -0.2) is 4.98 Å². The Morgan fingerprint density at radius 2 is 1.19 bits per heavy atom. The highest BCUT2D eigenvalue weighted by atomic mass is 15.0.